The topological polar surface area (TPSA) is 30.5 Å². The van der Waals surface area contributed by atoms with Crippen LogP contribution in [0.3, 0.4) is 0 Å². The molecule has 0 bridgehead atoms. The molecule has 0 radical (unpaired) electrons. The van der Waals surface area contributed by atoms with Gasteiger partial charge in [0.05, 0.1) is 17.9 Å². The molecule has 1 N–H and O–H groups in total. The number of hydrogen-bond acceptors (Lipinski definition) is 3. The Morgan fingerprint density at radius 1 is 0.818 bits per heavy atom. The average Bonchev–Trinajstić information content (AvgIpc) is 2.47. The molecule has 2 aromatic rings. The molecule has 118 valence electrons. The molecule has 0 fully saturated rings. The van der Waals surface area contributed by atoms with Crippen molar-refractivity contribution in [1.29, 1.82) is 0 Å². The first-order valence-corrected chi connectivity index (χ1v) is 7.79. The number of hydrogen-bond donors (Lipinski definition) is 1. The molecule has 0 saturated heterocycles. The molecule has 0 aromatic heterocycles. The summed E-state index contributed by atoms with van der Waals surface area (Å²) in [7, 11) is 0. The highest BCUT2D eigenvalue weighted by molar-refractivity contribution is 5.56. The molecule has 0 amide bonds. The van der Waals surface area contributed by atoms with Crippen LogP contribution in [0, 0.1) is 0 Å². The first-order valence-electron chi connectivity index (χ1n) is 7.79. The predicted molar refractivity (Wildman–Crippen MR) is 91.7 cm³/mol. The molecule has 2 aromatic carbocycles. The molecule has 0 atom stereocenters. The maximum absolute atomic E-state index is 5.81. The van der Waals surface area contributed by atoms with E-state index in [1.165, 1.54) is 5.56 Å². The number of nitrogens with one attached hydrogen (secondary N) is 1. The Bertz CT molecular complexity index is 576. The second kappa shape index (κ2) is 7.74. The van der Waals surface area contributed by atoms with Crippen molar-refractivity contribution in [2.75, 3.05) is 5.32 Å². The van der Waals surface area contributed by atoms with Crippen molar-refractivity contribution in [2.24, 2.45) is 0 Å². The third kappa shape index (κ3) is 4.99. The van der Waals surface area contributed by atoms with E-state index in [2.05, 4.69) is 17.4 Å². The molecular weight excluding hydrogens is 274 g/mol. The van der Waals surface area contributed by atoms with Crippen molar-refractivity contribution < 1.29 is 9.47 Å². The molecule has 0 unspecified atom stereocenters. The van der Waals surface area contributed by atoms with Gasteiger partial charge >= 0.3 is 0 Å². The normalized spacial score (nSPS) is 10.8. The molecular formula is C19H25NO2. The fraction of sp³-hybridized carbons (Fsp3) is 0.368. The van der Waals surface area contributed by atoms with E-state index in [-0.39, 0.29) is 12.2 Å². The van der Waals surface area contributed by atoms with Crippen molar-refractivity contribution >= 4 is 5.69 Å². The van der Waals surface area contributed by atoms with Crippen LogP contribution in [0.1, 0.15) is 33.3 Å². The van der Waals surface area contributed by atoms with E-state index in [4.69, 9.17) is 9.47 Å². The highest BCUT2D eigenvalue weighted by atomic mass is 16.5. The zero-order valence-electron chi connectivity index (χ0n) is 13.8. The van der Waals surface area contributed by atoms with Crippen LogP contribution in [0.4, 0.5) is 5.69 Å². The quantitative estimate of drug-likeness (QED) is 0.791. The Labute approximate surface area is 133 Å². The van der Waals surface area contributed by atoms with Crippen LogP contribution in [0.2, 0.25) is 0 Å². The Morgan fingerprint density at radius 3 is 2.09 bits per heavy atom. The summed E-state index contributed by atoms with van der Waals surface area (Å²) < 4.78 is 11.5. The lowest BCUT2D eigenvalue weighted by Crippen LogP contribution is -2.08. The molecule has 3 heteroatoms. The Kier molecular flexibility index (Phi) is 5.70. The van der Waals surface area contributed by atoms with Crippen LogP contribution in [-0.2, 0) is 6.54 Å². The molecule has 2 rings (SSSR count). The van der Waals surface area contributed by atoms with Crippen molar-refractivity contribution in [1.82, 2.24) is 0 Å². The summed E-state index contributed by atoms with van der Waals surface area (Å²) in [5.74, 6) is 1.79. The lowest BCUT2D eigenvalue weighted by atomic mass is 10.2. The standard InChI is InChI=1S/C19H25NO2/c1-14(2)21-17-11-9-16(10-12-17)13-20-18-7-5-6-8-19(18)22-15(3)4/h5-12,14-15,20H,13H2,1-4H3. The van der Waals surface area contributed by atoms with Gasteiger partial charge in [0.25, 0.3) is 0 Å². The maximum atomic E-state index is 5.81. The predicted octanol–water partition coefficient (Wildman–Crippen LogP) is 4.87. The monoisotopic (exact) mass is 299 g/mol. The van der Waals surface area contributed by atoms with Gasteiger partial charge in [0.2, 0.25) is 0 Å². The van der Waals surface area contributed by atoms with Crippen molar-refractivity contribution in [3.8, 4) is 11.5 Å². The van der Waals surface area contributed by atoms with Gasteiger partial charge in [-0.3, -0.25) is 0 Å². The largest absolute Gasteiger partial charge is 0.491 e. The van der Waals surface area contributed by atoms with Crippen molar-refractivity contribution in [3.05, 3.63) is 54.1 Å². The fourth-order valence-corrected chi connectivity index (χ4v) is 2.12. The third-order valence-electron chi connectivity index (χ3n) is 3.03. The second-order valence-electron chi connectivity index (χ2n) is 5.83. The van der Waals surface area contributed by atoms with Crippen molar-refractivity contribution in [3.63, 3.8) is 0 Å². The molecule has 0 aliphatic rings. The molecule has 0 aliphatic carbocycles. The molecule has 3 nitrogen and oxygen atoms in total. The highest BCUT2D eigenvalue weighted by Gasteiger charge is 2.05. The van der Waals surface area contributed by atoms with Gasteiger partial charge in [-0.2, -0.15) is 0 Å². The van der Waals surface area contributed by atoms with Gasteiger partial charge in [-0.1, -0.05) is 24.3 Å². The van der Waals surface area contributed by atoms with E-state index >= 15 is 0 Å². The minimum absolute atomic E-state index is 0.162. The summed E-state index contributed by atoms with van der Waals surface area (Å²) in [5, 5.41) is 3.43. The summed E-state index contributed by atoms with van der Waals surface area (Å²) in [6, 6.07) is 16.2. The summed E-state index contributed by atoms with van der Waals surface area (Å²) in [6.45, 7) is 8.87. The maximum Gasteiger partial charge on any atom is 0.142 e. The first kappa shape index (κ1) is 16.2. The minimum Gasteiger partial charge on any atom is -0.491 e. The SMILES string of the molecule is CC(C)Oc1ccc(CNc2ccccc2OC(C)C)cc1. The van der Waals surface area contributed by atoms with Crippen LogP contribution in [0.15, 0.2) is 48.5 Å². The van der Waals surface area contributed by atoms with Crippen LogP contribution in [0.5, 0.6) is 11.5 Å². The van der Waals surface area contributed by atoms with E-state index in [1.807, 2.05) is 64.1 Å². The molecule has 0 aliphatic heterocycles. The summed E-state index contributed by atoms with van der Waals surface area (Å²) >= 11 is 0. The average molecular weight is 299 g/mol. The molecule has 22 heavy (non-hydrogen) atoms. The summed E-state index contributed by atoms with van der Waals surface area (Å²) in [5.41, 5.74) is 2.22. The van der Waals surface area contributed by atoms with E-state index in [0.29, 0.717) is 0 Å². The highest BCUT2D eigenvalue weighted by Crippen LogP contribution is 2.25. The molecule has 0 spiro atoms. The van der Waals surface area contributed by atoms with E-state index in [1.54, 1.807) is 0 Å². The number of para-hydroxylation sites is 2. The Morgan fingerprint density at radius 2 is 1.45 bits per heavy atom. The number of anilines is 1. The van der Waals surface area contributed by atoms with Gasteiger partial charge in [-0.15, -0.1) is 0 Å². The van der Waals surface area contributed by atoms with Crippen molar-refractivity contribution in [2.45, 2.75) is 46.4 Å². The van der Waals surface area contributed by atoms with Crippen LogP contribution in [-0.4, -0.2) is 12.2 Å². The Balaban J connectivity index is 1.98. The van der Waals surface area contributed by atoms with Crippen LogP contribution >= 0.6 is 0 Å². The molecule has 0 saturated carbocycles. The second-order valence-corrected chi connectivity index (χ2v) is 5.83. The van der Waals surface area contributed by atoms with Crippen LogP contribution < -0.4 is 14.8 Å². The zero-order chi connectivity index (χ0) is 15.9. The third-order valence-corrected chi connectivity index (χ3v) is 3.03. The Hall–Kier alpha value is -2.16. The fourth-order valence-electron chi connectivity index (χ4n) is 2.12. The van der Waals surface area contributed by atoms with Gasteiger partial charge in [0.15, 0.2) is 0 Å². The van der Waals surface area contributed by atoms with E-state index in [9.17, 15) is 0 Å². The van der Waals surface area contributed by atoms with E-state index in [0.717, 1.165) is 23.7 Å². The van der Waals surface area contributed by atoms with Gasteiger partial charge in [-0.25, -0.2) is 0 Å². The smallest absolute Gasteiger partial charge is 0.142 e. The van der Waals surface area contributed by atoms with E-state index < -0.39 is 0 Å². The van der Waals surface area contributed by atoms with Gasteiger partial charge in [0, 0.05) is 6.54 Å². The lowest BCUT2D eigenvalue weighted by molar-refractivity contribution is 0.242. The van der Waals surface area contributed by atoms with Crippen LogP contribution in [0.25, 0.3) is 0 Å². The number of benzene rings is 2. The number of ether oxygens (including phenoxy) is 2. The molecule has 0 heterocycles. The van der Waals surface area contributed by atoms with Gasteiger partial charge in [0.1, 0.15) is 11.5 Å². The summed E-state index contributed by atoms with van der Waals surface area (Å²) in [6.07, 6.45) is 0.361. The first-order chi connectivity index (χ1) is 10.5. The number of rotatable bonds is 7. The van der Waals surface area contributed by atoms with Gasteiger partial charge in [-0.05, 0) is 57.5 Å². The summed E-state index contributed by atoms with van der Waals surface area (Å²) in [4.78, 5) is 0. The zero-order valence-corrected chi connectivity index (χ0v) is 13.8. The minimum atomic E-state index is 0.162. The van der Waals surface area contributed by atoms with Gasteiger partial charge < -0.3 is 14.8 Å². The lowest BCUT2D eigenvalue weighted by Gasteiger charge is -2.15.